The lowest BCUT2D eigenvalue weighted by Gasteiger charge is -2.51. The molecular formula is C19H23N3O. The fraction of sp³-hybridized carbons (Fsp3) is 0.474. The van der Waals surface area contributed by atoms with Crippen LogP contribution in [0.4, 0.5) is 0 Å². The van der Waals surface area contributed by atoms with Gasteiger partial charge in [0.05, 0.1) is 18.0 Å². The molecule has 4 heteroatoms. The number of pyridine rings is 2. The van der Waals surface area contributed by atoms with Gasteiger partial charge in [0.2, 0.25) is 0 Å². The minimum absolute atomic E-state index is 0.376. The molecular weight excluding hydrogens is 286 g/mol. The molecule has 2 aromatic rings. The average Bonchev–Trinajstić information content (AvgIpc) is 2.57. The van der Waals surface area contributed by atoms with E-state index in [-0.39, 0.29) is 0 Å². The zero-order valence-electron chi connectivity index (χ0n) is 13.4. The second-order valence-corrected chi connectivity index (χ2v) is 6.93. The second kappa shape index (κ2) is 6.28. The van der Waals surface area contributed by atoms with Crippen molar-refractivity contribution < 1.29 is 4.74 Å². The smallest absolute Gasteiger partial charge is 0.137 e. The Kier molecular flexibility index (Phi) is 4.00. The standard InChI is InChI=1S/C19H23N3O/c1-2-9-21-16(4-1)15-22-10-6-19(7-11-22)12-18(13-19)23-17-5-3-8-20-14-17/h1-5,8-9,14,18H,6-7,10-13,15H2. The molecule has 2 aromatic heterocycles. The van der Waals surface area contributed by atoms with Crippen LogP contribution in [0.2, 0.25) is 0 Å². The molecule has 1 saturated carbocycles. The first-order valence-corrected chi connectivity index (χ1v) is 8.50. The van der Waals surface area contributed by atoms with Crippen LogP contribution in [-0.4, -0.2) is 34.1 Å². The minimum atomic E-state index is 0.376. The fourth-order valence-corrected chi connectivity index (χ4v) is 3.91. The van der Waals surface area contributed by atoms with Gasteiger partial charge in [-0.05, 0) is 68.5 Å². The van der Waals surface area contributed by atoms with E-state index in [1.807, 2.05) is 24.4 Å². The highest BCUT2D eigenvalue weighted by molar-refractivity contribution is 5.17. The highest BCUT2D eigenvalue weighted by Gasteiger charge is 2.47. The summed E-state index contributed by atoms with van der Waals surface area (Å²) < 4.78 is 6.01. The summed E-state index contributed by atoms with van der Waals surface area (Å²) in [5, 5.41) is 0. The van der Waals surface area contributed by atoms with E-state index in [4.69, 9.17) is 4.74 Å². The molecule has 0 atom stereocenters. The molecule has 2 fully saturated rings. The van der Waals surface area contributed by atoms with Crippen molar-refractivity contribution in [2.75, 3.05) is 13.1 Å². The summed E-state index contributed by atoms with van der Waals surface area (Å²) in [6, 6.07) is 10.1. The minimum Gasteiger partial charge on any atom is -0.489 e. The number of aromatic nitrogens is 2. The number of hydrogen-bond donors (Lipinski definition) is 0. The van der Waals surface area contributed by atoms with Crippen LogP contribution in [0.1, 0.15) is 31.4 Å². The van der Waals surface area contributed by atoms with Crippen LogP contribution < -0.4 is 4.74 Å². The van der Waals surface area contributed by atoms with Crippen molar-refractivity contribution in [3.63, 3.8) is 0 Å². The van der Waals surface area contributed by atoms with E-state index in [0.29, 0.717) is 11.5 Å². The lowest BCUT2D eigenvalue weighted by Crippen LogP contribution is -2.50. The molecule has 1 saturated heterocycles. The molecule has 2 aliphatic rings. The van der Waals surface area contributed by atoms with E-state index < -0.39 is 0 Å². The normalized spacial score (nSPS) is 21.0. The predicted octanol–water partition coefficient (Wildman–Crippen LogP) is 3.30. The highest BCUT2D eigenvalue weighted by Crippen LogP contribution is 2.50. The average molecular weight is 309 g/mol. The van der Waals surface area contributed by atoms with Gasteiger partial charge in [-0.3, -0.25) is 14.9 Å². The highest BCUT2D eigenvalue weighted by atomic mass is 16.5. The van der Waals surface area contributed by atoms with Gasteiger partial charge in [0.1, 0.15) is 5.75 Å². The van der Waals surface area contributed by atoms with E-state index in [0.717, 1.165) is 12.3 Å². The number of nitrogens with zero attached hydrogens (tertiary/aromatic N) is 3. The van der Waals surface area contributed by atoms with E-state index >= 15 is 0 Å². The quantitative estimate of drug-likeness (QED) is 0.868. The summed E-state index contributed by atoms with van der Waals surface area (Å²) in [6.07, 6.45) is 10.8. The largest absolute Gasteiger partial charge is 0.489 e. The number of likely N-dealkylation sites (tertiary alicyclic amines) is 1. The van der Waals surface area contributed by atoms with Gasteiger partial charge in [0, 0.05) is 18.9 Å². The Labute approximate surface area is 137 Å². The summed E-state index contributed by atoms with van der Waals surface area (Å²) in [5.41, 5.74) is 1.70. The van der Waals surface area contributed by atoms with Crippen LogP contribution in [-0.2, 0) is 6.54 Å². The Hall–Kier alpha value is -1.94. The van der Waals surface area contributed by atoms with Gasteiger partial charge in [-0.15, -0.1) is 0 Å². The second-order valence-electron chi connectivity index (χ2n) is 6.93. The first kappa shape index (κ1) is 14.6. The lowest BCUT2D eigenvalue weighted by atomic mass is 9.61. The van der Waals surface area contributed by atoms with E-state index in [1.54, 1.807) is 12.4 Å². The zero-order valence-corrected chi connectivity index (χ0v) is 13.4. The molecule has 0 radical (unpaired) electrons. The van der Waals surface area contributed by atoms with Crippen molar-refractivity contribution >= 4 is 0 Å². The molecule has 3 heterocycles. The molecule has 0 N–H and O–H groups in total. The summed E-state index contributed by atoms with van der Waals surface area (Å²) in [4.78, 5) is 11.1. The van der Waals surface area contributed by atoms with Gasteiger partial charge in [-0.1, -0.05) is 6.07 Å². The van der Waals surface area contributed by atoms with E-state index in [2.05, 4.69) is 27.0 Å². The summed E-state index contributed by atoms with van der Waals surface area (Å²) in [7, 11) is 0. The summed E-state index contributed by atoms with van der Waals surface area (Å²) >= 11 is 0. The number of hydrogen-bond acceptors (Lipinski definition) is 4. The van der Waals surface area contributed by atoms with Gasteiger partial charge < -0.3 is 4.74 Å². The van der Waals surface area contributed by atoms with Crippen LogP contribution in [0.3, 0.4) is 0 Å². The molecule has 1 aliphatic heterocycles. The third-order valence-electron chi connectivity index (χ3n) is 5.29. The van der Waals surface area contributed by atoms with Crippen LogP contribution in [0.25, 0.3) is 0 Å². The number of ether oxygens (including phenoxy) is 1. The predicted molar refractivity (Wildman–Crippen MR) is 89.1 cm³/mol. The molecule has 1 aliphatic carbocycles. The SMILES string of the molecule is c1ccc(CN2CCC3(CC2)CC(Oc2cccnc2)C3)nc1. The Balaban J connectivity index is 1.25. The molecule has 0 bridgehead atoms. The zero-order chi connectivity index (χ0) is 15.5. The molecule has 0 unspecified atom stereocenters. The van der Waals surface area contributed by atoms with Crippen molar-refractivity contribution in [3.05, 3.63) is 54.6 Å². The van der Waals surface area contributed by atoms with Crippen molar-refractivity contribution in [3.8, 4) is 5.75 Å². The van der Waals surface area contributed by atoms with E-state index in [9.17, 15) is 0 Å². The maximum atomic E-state index is 6.01. The topological polar surface area (TPSA) is 38.2 Å². The summed E-state index contributed by atoms with van der Waals surface area (Å²) in [5.74, 6) is 0.903. The first-order valence-electron chi connectivity index (χ1n) is 8.50. The number of rotatable bonds is 4. The van der Waals surface area contributed by atoms with Crippen LogP contribution in [0.15, 0.2) is 48.9 Å². The molecule has 120 valence electrons. The van der Waals surface area contributed by atoms with Crippen LogP contribution in [0.5, 0.6) is 5.75 Å². The van der Waals surface area contributed by atoms with Gasteiger partial charge in [-0.2, -0.15) is 0 Å². The molecule has 0 aromatic carbocycles. The maximum Gasteiger partial charge on any atom is 0.137 e. The Morgan fingerprint density at radius 2 is 1.96 bits per heavy atom. The third kappa shape index (κ3) is 3.37. The molecule has 4 nitrogen and oxygen atoms in total. The third-order valence-corrected chi connectivity index (χ3v) is 5.29. The van der Waals surface area contributed by atoms with E-state index in [1.165, 1.54) is 44.5 Å². The Morgan fingerprint density at radius 1 is 1.09 bits per heavy atom. The van der Waals surface area contributed by atoms with Crippen molar-refractivity contribution in [1.29, 1.82) is 0 Å². The molecule has 1 spiro atoms. The van der Waals surface area contributed by atoms with Crippen molar-refractivity contribution in [2.24, 2.45) is 5.41 Å². The molecule has 4 rings (SSSR count). The van der Waals surface area contributed by atoms with Crippen LogP contribution >= 0.6 is 0 Å². The van der Waals surface area contributed by atoms with Gasteiger partial charge in [0.15, 0.2) is 0 Å². The molecule has 23 heavy (non-hydrogen) atoms. The first-order chi connectivity index (χ1) is 11.3. The summed E-state index contributed by atoms with van der Waals surface area (Å²) in [6.45, 7) is 3.33. The fourth-order valence-electron chi connectivity index (χ4n) is 3.91. The monoisotopic (exact) mass is 309 g/mol. The van der Waals surface area contributed by atoms with Gasteiger partial charge in [-0.25, -0.2) is 0 Å². The Morgan fingerprint density at radius 3 is 2.65 bits per heavy atom. The van der Waals surface area contributed by atoms with Crippen LogP contribution in [0, 0.1) is 5.41 Å². The van der Waals surface area contributed by atoms with Crippen molar-refractivity contribution in [1.82, 2.24) is 14.9 Å². The van der Waals surface area contributed by atoms with Crippen molar-refractivity contribution in [2.45, 2.75) is 38.3 Å². The number of piperidine rings is 1. The van der Waals surface area contributed by atoms with Gasteiger partial charge in [0.25, 0.3) is 0 Å². The van der Waals surface area contributed by atoms with Gasteiger partial charge >= 0.3 is 0 Å². The lowest BCUT2D eigenvalue weighted by molar-refractivity contribution is -0.0567. The maximum absolute atomic E-state index is 6.01. The Bertz CT molecular complexity index is 616. The molecule has 0 amide bonds.